The van der Waals surface area contributed by atoms with E-state index in [0.717, 1.165) is 31.4 Å². The zero-order valence-electron chi connectivity index (χ0n) is 17.1. The highest BCUT2D eigenvalue weighted by Crippen LogP contribution is 2.26. The third-order valence-corrected chi connectivity index (χ3v) is 5.93. The Morgan fingerprint density at radius 1 is 1.00 bits per heavy atom. The third-order valence-electron chi connectivity index (χ3n) is 5.93. The summed E-state index contributed by atoms with van der Waals surface area (Å²) in [6.45, 7) is 1.30. The molecule has 2 aliphatic rings. The smallest absolute Gasteiger partial charge is 0.228 e. The first-order chi connectivity index (χ1) is 14.6. The number of benzene rings is 2. The van der Waals surface area contributed by atoms with Crippen LogP contribution in [0.25, 0.3) is 0 Å². The largest absolute Gasteiger partial charge is 0.338 e. The molecule has 1 aliphatic carbocycles. The molecule has 1 heterocycles. The Bertz CT molecular complexity index is 983. The topological polar surface area (TPSA) is 49.4 Å². The van der Waals surface area contributed by atoms with E-state index in [9.17, 15) is 14.0 Å². The van der Waals surface area contributed by atoms with Gasteiger partial charge in [-0.15, -0.1) is 0 Å². The van der Waals surface area contributed by atoms with Crippen LogP contribution in [0.3, 0.4) is 0 Å². The molecule has 0 aromatic heterocycles. The van der Waals surface area contributed by atoms with Gasteiger partial charge in [0.05, 0.1) is 6.42 Å². The average Bonchev–Trinajstić information content (AvgIpc) is 2.75. The van der Waals surface area contributed by atoms with Crippen molar-refractivity contribution < 1.29 is 14.0 Å². The molecule has 0 radical (unpaired) electrons. The van der Waals surface area contributed by atoms with Crippen LogP contribution in [0.15, 0.2) is 54.1 Å². The highest BCUT2D eigenvalue weighted by Gasteiger charge is 2.22. The summed E-state index contributed by atoms with van der Waals surface area (Å²) in [5.41, 5.74) is 4.60. The number of anilines is 1. The van der Waals surface area contributed by atoms with E-state index in [4.69, 9.17) is 0 Å². The lowest BCUT2D eigenvalue weighted by Gasteiger charge is -2.30. The first-order valence-corrected chi connectivity index (χ1v) is 10.7. The van der Waals surface area contributed by atoms with Gasteiger partial charge >= 0.3 is 0 Å². The van der Waals surface area contributed by atoms with Crippen LogP contribution in [0.5, 0.6) is 0 Å². The predicted molar refractivity (Wildman–Crippen MR) is 115 cm³/mol. The molecule has 0 fully saturated rings. The van der Waals surface area contributed by atoms with Crippen LogP contribution in [-0.2, 0) is 29.0 Å². The van der Waals surface area contributed by atoms with Gasteiger partial charge < -0.3 is 10.2 Å². The van der Waals surface area contributed by atoms with Gasteiger partial charge in [-0.05, 0) is 67.0 Å². The minimum absolute atomic E-state index is 0.0104. The number of hydrogen-bond donors (Lipinski definition) is 1. The Labute approximate surface area is 176 Å². The molecular formula is C25H27FN2O2. The number of allylic oxidation sites excluding steroid dienone is 1. The van der Waals surface area contributed by atoms with Crippen LogP contribution in [0.4, 0.5) is 10.1 Å². The lowest BCUT2D eigenvalue weighted by atomic mass is 9.95. The molecule has 0 unspecified atom stereocenters. The molecule has 0 atom stereocenters. The third kappa shape index (κ3) is 4.96. The van der Waals surface area contributed by atoms with Gasteiger partial charge in [0, 0.05) is 25.2 Å². The van der Waals surface area contributed by atoms with Gasteiger partial charge in [-0.3, -0.25) is 9.59 Å². The Kier molecular flexibility index (Phi) is 6.26. The molecule has 2 aromatic carbocycles. The molecule has 0 bridgehead atoms. The second-order valence-corrected chi connectivity index (χ2v) is 8.15. The molecule has 2 aromatic rings. The summed E-state index contributed by atoms with van der Waals surface area (Å²) in [5, 5.41) is 2.86. The van der Waals surface area contributed by atoms with Crippen molar-refractivity contribution in [2.24, 2.45) is 0 Å². The second kappa shape index (κ2) is 9.24. The van der Waals surface area contributed by atoms with E-state index in [1.807, 2.05) is 23.1 Å². The minimum atomic E-state index is -0.375. The van der Waals surface area contributed by atoms with Gasteiger partial charge in [0.1, 0.15) is 5.82 Å². The highest BCUT2D eigenvalue weighted by molar-refractivity contribution is 5.92. The summed E-state index contributed by atoms with van der Waals surface area (Å²) in [5.74, 6) is -0.448. The van der Waals surface area contributed by atoms with Crippen molar-refractivity contribution in [1.29, 1.82) is 0 Å². The van der Waals surface area contributed by atoms with Gasteiger partial charge in [0.2, 0.25) is 11.8 Å². The number of rotatable bonds is 5. The molecule has 4 nitrogen and oxygen atoms in total. The number of nitrogens with one attached hydrogen (secondary N) is 1. The van der Waals surface area contributed by atoms with E-state index in [1.54, 1.807) is 18.2 Å². The fraction of sp³-hybridized carbons (Fsp3) is 0.360. The lowest BCUT2D eigenvalue weighted by Crippen LogP contribution is -2.36. The van der Waals surface area contributed by atoms with Gasteiger partial charge in [0.25, 0.3) is 0 Å². The Morgan fingerprint density at radius 2 is 1.87 bits per heavy atom. The van der Waals surface area contributed by atoms with Gasteiger partial charge in [-0.2, -0.15) is 0 Å². The van der Waals surface area contributed by atoms with E-state index < -0.39 is 0 Å². The van der Waals surface area contributed by atoms with Crippen molar-refractivity contribution in [3.8, 4) is 0 Å². The summed E-state index contributed by atoms with van der Waals surface area (Å²) < 4.78 is 13.8. The summed E-state index contributed by atoms with van der Waals surface area (Å²) in [6.07, 6.45) is 8.08. The number of fused-ring (bicyclic) bond motifs is 1. The molecule has 0 spiro atoms. The maximum Gasteiger partial charge on any atom is 0.228 e. The normalized spacial score (nSPS) is 15.9. The van der Waals surface area contributed by atoms with Gasteiger partial charge in [0.15, 0.2) is 0 Å². The Morgan fingerprint density at radius 3 is 2.67 bits per heavy atom. The van der Waals surface area contributed by atoms with E-state index in [2.05, 4.69) is 11.4 Å². The molecule has 4 rings (SSSR count). The summed E-state index contributed by atoms with van der Waals surface area (Å²) >= 11 is 0. The number of hydrogen-bond acceptors (Lipinski definition) is 2. The number of carbonyl (C=O) groups excluding carboxylic acids is 2. The number of amides is 2. The second-order valence-electron chi connectivity index (χ2n) is 8.15. The SMILES string of the molecule is O=C(Cc1ccccc1F)Nc1ccc2c(c1)CN(C(=O)CC1=CCCCC1)CC2. The standard InChI is InChI=1S/C25H27FN2O2/c26-23-9-5-4-8-20(23)16-24(29)27-22-11-10-19-12-13-28(17-21(19)15-22)25(30)14-18-6-2-1-3-7-18/h4-6,8-11,15H,1-3,7,12-14,16-17H2,(H,27,29). The molecule has 5 heteroatoms. The van der Waals surface area contributed by atoms with Gasteiger partial charge in [-0.1, -0.05) is 35.9 Å². The van der Waals surface area contributed by atoms with Crippen LogP contribution in [0.1, 0.15) is 48.8 Å². The molecule has 1 N–H and O–H groups in total. The zero-order valence-corrected chi connectivity index (χ0v) is 17.1. The number of carbonyl (C=O) groups is 2. The Hall–Kier alpha value is -2.95. The Balaban J connectivity index is 1.39. The van der Waals surface area contributed by atoms with Crippen molar-refractivity contribution in [2.75, 3.05) is 11.9 Å². The molecule has 0 saturated heterocycles. The maximum absolute atomic E-state index is 13.8. The maximum atomic E-state index is 13.8. The van der Waals surface area contributed by atoms with Crippen LogP contribution in [0.2, 0.25) is 0 Å². The highest BCUT2D eigenvalue weighted by atomic mass is 19.1. The fourth-order valence-corrected chi connectivity index (χ4v) is 4.24. The van der Waals surface area contributed by atoms with Crippen molar-refractivity contribution in [1.82, 2.24) is 4.90 Å². The predicted octanol–water partition coefficient (Wildman–Crippen LogP) is 4.78. The van der Waals surface area contributed by atoms with Crippen molar-refractivity contribution in [3.63, 3.8) is 0 Å². The summed E-state index contributed by atoms with van der Waals surface area (Å²) in [6, 6.07) is 12.1. The van der Waals surface area contributed by atoms with E-state index in [-0.39, 0.29) is 24.1 Å². The average molecular weight is 407 g/mol. The number of nitrogens with zero attached hydrogens (tertiary/aromatic N) is 1. The van der Waals surface area contributed by atoms with E-state index in [1.165, 1.54) is 30.0 Å². The van der Waals surface area contributed by atoms with Crippen LogP contribution < -0.4 is 5.32 Å². The van der Waals surface area contributed by atoms with Gasteiger partial charge in [-0.25, -0.2) is 4.39 Å². The molecule has 156 valence electrons. The first-order valence-electron chi connectivity index (χ1n) is 10.7. The fourth-order valence-electron chi connectivity index (χ4n) is 4.24. The zero-order chi connectivity index (χ0) is 20.9. The molecular weight excluding hydrogens is 379 g/mol. The van der Waals surface area contributed by atoms with E-state index >= 15 is 0 Å². The quantitative estimate of drug-likeness (QED) is 0.727. The summed E-state index contributed by atoms with van der Waals surface area (Å²) in [4.78, 5) is 27.0. The molecule has 30 heavy (non-hydrogen) atoms. The van der Waals surface area contributed by atoms with E-state index in [0.29, 0.717) is 24.2 Å². The molecule has 1 aliphatic heterocycles. The number of halogens is 1. The van der Waals surface area contributed by atoms with Crippen molar-refractivity contribution in [3.05, 3.63) is 76.6 Å². The molecule has 2 amide bonds. The van der Waals surface area contributed by atoms with Crippen molar-refractivity contribution in [2.45, 2.75) is 51.5 Å². The van der Waals surface area contributed by atoms with Crippen LogP contribution in [0, 0.1) is 5.82 Å². The summed E-state index contributed by atoms with van der Waals surface area (Å²) in [7, 11) is 0. The van der Waals surface area contributed by atoms with Crippen LogP contribution >= 0.6 is 0 Å². The molecule has 0 saturated carbocycles. The minimum Gasteiger partial charge on any atom is -0.338 e. The first kappa shape index (κ1) is 20.3. The lowest BCUT2D eigenvalue weighted by molar-refractivity contribution is -0.131. The van der Waals surface area contributed by atoms with Crippen molar-refractivity contribution >= 4 is 17.5 Å². The van der Waals surface area contributed by atoms with Crippen LogP contribution in [-0.4, -0.2) is 23.3 Å². The monoisotopic (exact) mass is 406 g/mol.